The van der Waals surface area contributed by atoms with Crippen molar-refractivity contribution in [2.24, 2.45) is 0 Å². The predicted octanol–water partition coefficient (Wildman–Crippen LogP) is 3.39. The first-order valence-corrected chi connectivity index (χ1v) is 9.47. The normalized spacial score (nSPS) is 18.1. The van der Waals surface area contributed by atoms with Gasteiger partial charge >= 0.3 is 6.03 Å². The molecule has 2 aromatic rings. The van der Waals surface area contributed by atoms with E-state index in [1.807, 2.05) is 48.5 Å². The molecule has 6 heteroatoms. The van der Waals surface area contributed by atoms with Crippen LogP contribution in [0.4, 0.5) is 10.5 Å². The van der Waals surface area contributed by atoms with Crippen LogP contribution in [0.15, 0.2) is 54.2 Å². The van der Waals surface area contributed by atoms with E-state index in [1.165, 1.54) is 17.7 Å². The average Bonchev–Trinajstić information content (AvgIpc) is 3.34. The van der Waals surface area contributed by atoms with Crippen molar-refractivity contribution in [1.29, 1.82) is 0 Å². The van der Waals surface area contributed by atoms with Gasteiger partial charge in [-0.2, -0.15) is 0 Å². The van der Waals surface area contributed by atoms with Crippen LogP contribution in [0.5, 0.6) is 5.75 Å². The topological polar surface area (TPSA) is 61.9 Å². The summed E-state index contributed by atoms with van der Waals surface area (Å²) in [6.45, 7) is 2.34. The van der Waals surface area contributed by atoms with Crippen molar-refractivity contribution in [3.05, 3.63) is 65.4 Å². The van der Waals surface area contributed by atoms with E-state index in [2.05, 4.69) is 10.2 Å². The first kappa shape index (κ1) is 18.1. The van der Waals surface area contributed by atoms with E-state index in [4.69, 9.17) is 4.74 Å². The molecule has 28 heavy (non-hydrogen) atoms. The Morgan fingerprint density at radius 3 is 2.54 bits per heavy atom. The molecule has 0 bridgehead atoms. The van der Waals surface area contributed by atoms with E-state index < -0.39 is 6.03 Å². The third-order valence-corrected chi connectivity index (χ3v) is 5.13. The SMILES string of the molecule is COc1cc(N2CCCC2)ccc1/C=C1/NC(=O)N(Cc2ccccc2)C1=O. The highest BCUT2D eigenvalue weighted by Crippen LogP contribution is 2.30. The molecule has 4 rings (SSSR count). The highest BCUT2D eigenvalue weighted by atomic mass is 16.5. The predicted molar refractivity (Wildman–Crippen MR) is 108 cm³/mol. The van der Waals surface area contributed by atoms with Gasteiger partial charge in [-0.25, -0.2) is 4.79 Å². The van der Waals surface area contributed by atoms with Gasteiger partial charge in [0.15, 0.2) is 0 Å². The van der Waals surface area contributed by atoms with E-state index in [0.717, 1.165) is 29.9 Å². The quantitative estimate of drug-likeness (QED) is 0.641. The second kappa shape index (κ2) is 7.76. The minimum atomic E-state index is -0.409. The van der Waals surface area contributed by atoms with Gasteiger partial charge in [-0.1, -0.05) is 30.3 Å². The number of imide groups is 1. The summed E-state index contributed by atoms with van der Waals surface area (Å²) in [5, 5.41) is 2.68. The van der Waals surface area contributed by atoms with E-state index in [-0.39, 0.29) is 18.1 Å². The number of anilines is 1. The zero-order valence-electron chi connectivity index (χ0n) is 15.9. The first-order valence-electron chi connectivity index (χ1n) is 9.47. The largest absolute Gasteiger partial charge is 0.496 e. The molecule has 0 aromatic heterocycles. The Morgan fingerprint density at radius 1 is 1.07 bits per heavy atom. The number of amides is 3. The minimum absolute atomic E-state index is 0.244. The molecular weight excluding hydrogens is 354 g/mol. The summed E-state index contributed by atoms with van der Waals surface area (Å²) < 4.78 is 5.53. The first-order chi connectivity index (χ1) is 13.7. The Morgan fingerprint density at radius 2 is 1.82 bits per heavy atom. The van der Waals surface area contributed by atoms with Crippen LogP contribution in [-0.4, -0.2) is 37.0 Å². The number of carbonyl (C=O) groups excluding carboxylic acids is 2. The van der Waals surface area contributed by atoms with E-state index in [9.17, 15) is 9.59 Å². The maximum atomic E-state index is 12.7. The summed E-state index contributed by atoms with van der Waals surface area (Å²) in [5.74, 6) is 0.347. The highest BCUT2D eigenvalue weighted by Gasteiger charge is 2.33. The van der Waals surface area contributed by atoms with Crippen molar-refractivity contribution in [1.82, 2.24) is 10.2 Å². The van der Waals surface area contributed by atoms with Crippen LogP contribution in [0, 0.1) is 0 Å². The maximum absolute atomic E-state index is 12.7. The third-order valence-electron chi connectivity index (χ3n) is 5.13. The average molecular weight is 377 g/mol. The molecule has 0 unspecified atom stereocenters. The number of nitrogens with one attached hydrogen (secondary N) is 1. The van der Waals surface area contributed by atoms with Crippen molar-refractivity contribution in [2.45, 2.75) is 19.4 Å². The number of hydrogen-bond donors (Lipinski definition) is 1. The zero-order valence-corrected chi connectivity index (χ0v) is 15.9. The molecule has 2 fully saturated rings. The summed E-state index contributed by atoms with van der Waals surface area (Å²) in [6.07, 6.45) is 4.08. The molecule has 0 radical (unpaired) electrons. The van der Waals surface area contributed by atoms with Gasteiger partial charge in [0.2, 0.25) is 0 Å². The summed E-state index contributed by atoms with van der Waals surface area (Å²) in [7, 11) is 1.61. The van der Waals surface area contributed by atoms with Crippen LogP contribution in [0.1, 0.15) is 24.0 Å². The molecule has 144 valence electrons. The van der Waals surface area contributed by atoms with Crippen LogP contribution in [0.3, 0.4) is 0 Å². The molecule has 0 spiro atoms. The second-order valence-electron chi connectivity index (χ2n) is 6.99. The van der Waals surface area contributed by atoms with Crippen LogP contribution in [0.2, 0.25) is 0 Å². The van der Waals surface area contributed by atoms with Crippen molar-refractivity contribution in [2.75, 3.05) is 25.1 Å². The van der Waals surface area contributed by atoms with Gasteiger partial charge in [0.25, 0.3) is 5.91 Å². The van der Waals surface area contributed by atoms with Crippen LogP contribution >= 0.6 is 0 Å². The lowest BCUT2D eigenvalue weighted by molar-refractivity contribution is -0.123. The third kappa shape index (κ3) is 3.58. The van der Waals surface area contributed by atoms with E-state index >= 15 is 0 Å². The van der Waals surface area contributed by atoms with Gasteiger partial charge in [0.05, 0.1) is 13.7 Å². The van der Waals surface area contributed by atoms with E-state index in [1.54, 1.807) is 13.2 Å². The number of ether oxygens (including phenoxy) is 1. The molecule has 2 aromatic carbocycles. The van der Waals surface area contributed by atoms with Crippen molar-refractivity contribution in [3.8, 4) is 5.75 Å². The molecule has 2 saturated heterocycles. The summed E-state index contributed by atoms with van der Waals surface area (Å²) >= 11 is 0. The highest BCUT2D eigenvalue weighted by molar-refractivity contribution is 6.14. The Balaban J connectivity index is 1.56. The van der Waals surface area contributed by atoms with Crippen LogP contribution in [-0.2, 0) is 11.3 Å². The number of nitrogens with zero attached hydrogens (tertiary/aromatic N) is 2. The summed E-state index contributed by atoms with van der Waals surface area (Å²) in [5.41, 5.74) is 3.03. The molecule has 0 saturated carbocycles. The van der Waals surface area contributed by atoms with Gasteiger partial charge in [0, 0.05) is 30.4 Å². The standard InChI is InChI=1S/C22H23N3O3/c1-28-20-14-18(24-11-5-6-12-24)10-9-17(20)13-19-21(26)25(22(27)23-19)15-16-7-3-2-4-8-16/h2-4,7-10,13-14H,5-6,11-12,15H2,1H3,(H,23,27)/b19-13+. The molecular formula is C22H23N3O3. The number of carbonyl (C=O) groups is 2. The molecule has 0 aliphatic carbocycles. The lowest BCUT2D eigenvalue weighted by Gasteiger charge is -2.19. The Labute approximate surface area is 164 Å². The van der Waals surface area contributed by atoms with Crippen molar-refractivity contribution >= 4 is 23.7 Å². The molecule has 2 heterocycles. The number of rotatable bonds is 5. The smallest absolute Gasteiger partial charge is 0.329 e. The fourth-order valence-corrected chi connectivity index (χ4v) is 3.63. The van der Waals surface area contributed by atoms with Crippen molar-refractivity contribution < 1.29 is 14.3 Å². The van der Waals surface area contributed by atoms with E-state index in [0.29, 0.717) is 5.75 Å². The minimum Gasteiger partial charge on any atom is -0.496 e. The summed E-state index contributed by atoms with van der Waals surface area (Å²) in [4.78, 5) is 28.6. The van der Waals surface area contributed by atoms with Gasteiger partial charge in [-0.15, -0.1) is 0 Å². The van der Waals surface area contributed by atoms with Gasteiger partial charge in [-0.3, -0.25) is 9.69 Å². The monoisotopic (exact) mass is 377 g/mol. The lowest BCUT2D eigenvalue weighted by Crippen LogP contribution is -2.30. The maximum Gasteiger partial charge on any atom is 0.329 e. The van der Waals surface area contributed by atoms with Crippen LogP contribution in [0.25, 0.3) is 6.08 Å². The fourth-order valence-electron chi connectivity index (χ4n) is 3.63. The molecule has 0 atom stereocenters. The zero-order chi connectivity index (χ0) is 19.5. The number of urea groups is 1. The molecule has 1 N–H and O–H groups in total. The van der Waals surface area contributed by atoms with Gasteiger partial charge in [0.1, 0.15) is 11.4 Å². The lowest BCUT2D eigenvalue weighted by atomic mass is 10.1. The molecule has 3 amide bonds. The molecule has 2 aliphatic heterocycles. The second-order valence-corrected chi connectivity index (χ2v) is 6.99. The van der Waals surface area contributed by atoms with Crippen LogP contribution < -0.4 is 15.0 Å². The Bertz CT molecular complexity index is 918. The van der Waals surface area contributed by atoms with Crippen molar-refractivity contribution in [3.63, 3.8) is 0 Å². The molecule has 6 nitrogen and oxygen atoms in total. The van der Waals surface area contributed by atoms with Gasteiger partial charge in [-0.05, 0) is 36.6 Å². The Hall–Kier alpha value is -3.28. The fraction of sp³-hybridized carbons (Fsp3) is 0.273. The Kier molecular flexibility index (Phi) is 5.02. The van der Waals surface area contributed by atoms with Gasteiger partial charge < -0.3 is 15.0 Å². The number of hydrogen-bond acceptors (Lipinski definition) is 4. The number of methoxy groups -OCH3 is 1. The number of benzene rings is 2. The molecule has 2 aliphatic rings. The summed E-state index contributed by atoms with van der Waals surface area (Å²) in [6, 6.07) is 15.0.